The van der Waals surface area contributed by atoms with E-state index in [9.17, 15) is 5.26 Å². The van der Waals surface area contributed by atoms with Gasteiger partial charge in [-0.05, 0) is 49.9 Å². The molecule has 0 radical (unpaired) electrons. The van der Waals surface area contributed by atoms with Crippen molar-refractivity contribution in [2.75, 3.05) is 0 Å². The van der Waals surface area contributed by atoms with Gasteiger partial charge < -0.3 is 0 Å². The Hall–Kier alpha value is -0.510. The third-order valence-electron chi connectivity index (χ3n) is 8.72. The molecule has 2 fully saturated rings. The molecule has 0 aromatic carbocycles. The van der Waals surface area contributed by atoms with Gasteiger partial charge in [0.1, 0.15) is 0 Å². The highest BCUT2D eigenvalue weighted by Gasteiger charge is 2.35. The maximum Gasteiger partial charge on any atom is 0.0689 e. The molecule has 0 aromatic heterocycles. The molecule has 0 spiro atoms. The van der Waals surface area contributed by atoms with Crippen LogP contribution in [0.3, 0.4) is 0 Å². The average Bonchev–Trinajstić information content (AvgIpc) is 2.79. The first-order chi connectivity index (χ1) is 14.7. The van der Waals surface area contributed by atoms with E-state index in [-0.39, 0.29) is 5.41 Å². The van der Waals surface area contributed by atoms with Gasteiger partial charge in [-0.3, -0.25) is 0 Å². The molecular formula is C29H53N. The molecule has 174 valence electrons. The second-order valence-electron chi connectivity index (χ2n) is 11.2. The highest BCUT2D eigenvalue weighted by molar-refractivity contribution is 5.01. The largest absolute Gasteiger partial charge is 0.198 e. The molecule has 0 atom stereocenters. The Kier molecular flexibility index (Phi) is 13.1. The first-order valence-corrected chi connectivity index (χ1v) is 14.1. The fourth-order valence-corrected chi connectivity index (χ4v) is 6.32. The van der Waals surface area contributed by atoms with Gasteiger partial charge in [-0.2, -0.15) is 5.26 Å². The van der Waals surface area contributed by atoms with Crippen molar-refractivity contribution in [3.63, 3.8) is 0 Å². The molecule has 30 heavy (non-hydrogen) atoms. The first-order valence-electron chi connectivity index (χ1n) is 14.1. The molecule has 2 aliphatic carbocycles. The van der Waals surface area contributed by atoms with Crippen LogP contribution >= 0.6 is 0 Å². The predicted octanol–water partition coefficient (Wildman–Crippen LogP) is 9.99. The van der Waals surface area contributed by atoms with Crippen molar-refractivity contribution in [1.82, 2.24) is 0 Å². The van der Waals surface area contributed by atoms with E-state index in [1.54, 1.807) is 0 Å². The Balaban J connectivity index is 1.54. The summed E-state index contributed by atoms with van der Waals surface area (Å²) in [7, 11) is 0. The molecule has 0 aromatic rings. The zero-order valence-electron chi connectivity index (χ0n) is 20.7. The summed E-state index contributed by atoms with van der Waals surface area (Å²) >= 11 is 0. The zero-order chi connectivity index (χ0) is 21.5. The van der Waals surface area contributed by atoms with Crippen LogP contribution < -0.4 is 0 Å². The minimum Gasteiger partial charge on any atom is -0.198 e. The van der Waals surface area contributed by atoms with Crippen molar-refractivity contribution in [3.05, 3.63) is 0 Å². The van der Waals surface area contributed by atoms with Crippen molar-refractivity contribution in [3.8, 4) is 6.07 Å². The standard InChI is InChI=1S/C29H53N/c1-3-5-7-9-11-13-26-14-16-27(17-15-26)18-19-28-20-23-29(25-30,24-21-28)22-12-10-8-6-4-2/h26-28H,3-24H2,1-2H3. The molecular weight excluding hydrogens is 362 g/mol. The van der Waals surface area contributed by atoms with Crippen LogP contribution in [-0.2, 0) is 0 Å². The maximum absolute atomic E-state index is 9.84. The molecule has 0 N–H and O–H groups in total. The van der Waals surface area contributed by atoms with Gasteiger partial charge in [0.15, 0.2) is 0 Å². The molecule has 2 saturated carbocycles. The number of hydrogen-bond donors (Lipinski definition) is 0. The molecule has 0 bridgehead atoms. The molecule has 0 aliphatic heterocycles. The average molecular weight is 416 g/mol. The Morgan fingerprint density at radius 2 is 1.07 bits per heavy atom. The fourth-order valence-electron chi connectivity index (χ4n) is 6.32. The zero-order valence-corrected chi connectivity index (χ0v) is 20.7. The molecule has 2 rings (SSSR count). The van der Waals surface area contributed by atoms with E-state index in [0.29, 0.717) is 0 Å². The lowest BCUT2D eigenvalue weighted by molar-refractivity contribution is 0.170. The van der Waals surface area contributed by atoms with E-state index in [0.717, 1.165) is 17.8 Å². The van der Waals surface area contributed by atoms with Crippen LogP contribution in [0.15, 0.2) is 0 Å². The Labute approximate surface area is 189 Å². The van der Waals surface area contributed by atoms with Crippen LogP contribution in [0, 0.1) is 34.5 Å². The van der Waals surface area contributed by atoms with Gasteiger partial charge in [-0.15, -0.1) is 0 Å². The van der Waals surface area contributed by atoms with Gasteiger partial charge in [0.2, 0.25) is 0 Å². The lowest BCUT2D eigenvalue weighted by atomic mass is 9.67. The SMILES string of the molecule is CCCCCCCC1CCC(CCC2CCC(C#N)(CCCCCCC)CC2)CC1. The van der Waals surface area contributed by atoms with E-state index < -0.39 is 0 Å². The summed E-state index contributed by atoms with van der Waals surface area (Å²) in [5, 5.41) is 9.84. The molecule has 2 aliphatic rings. The van der Waals surface area contributed by atoms with Gasteiger partial charge in [-0.25, -0.2) is 0 Å². The number of unbranched alkanes of at least 4 members (excludes halogenated alkanes) is 8. The molecule has 0 unspecified atom stereocenters. The summed E-state index contributed by atoms with van der Waals surface area (Å²) in [6, 6.07) is 2.77. The summed E-state index contributed by atoms with van der Waals surface area (Å²) in [5.74, 6) is 2.98. The summed E-state index contributed by atoms with van der Waals surface area (Å²) < 4.78 is 0. The highest BCUT2D eigenvalue weighted by Crippen LogP contribution is 2.44. The van der Waals surface area contributed by atoms with E-state index in [1.165, 1.54) is 141 Å². The van der Waals surface area contributed by atoms with Crippen molar-refractivity contribution in [1.29, 1.82) is 5.26 Å². The molecule has 0 saturated heterocycles. The van der Waals surface area contributed by atoms with Crippen molar-refractivity contribution in [2.24, 2.45) is 23.2 Å². The van der Waals surface area contributed by atoms with Crippen LogP contribution in [0.5, 0.6) is 0 Å². The van der Waals surface area contributed by atoms with E-state index in [2.05, 4.69) is 19.9 Å². The summed E-state index contributed by atoms with van der Waals surface area (Å²) in [6.45, 7) is 4.59. The van der Waals surface area contributed by atoms with Gasteiger partial charge in [0.25, 0.3) is 0 Å². The van der Waals surface area contributed by atoms with Crippen LogP contribution in [0.25, 0.3) is 0 Å². The number of rotatable bonds is 15. The summed E-state index contributed by atoms with van der Waals surface area (Å²) in [6.07, 6.45) is 30.5. The van der Waals surface area contributed by atoms with Gasteiger partial charge in [0, 0.05) is 0 Å². The van der Waals surface area contributed by atoms with E-state index in [1.807, 2.05) is 0 Å². The van der Waals surface area contributed by atoms with Crippen LogP contribution in [0.2, 0.25) is 0 Å². The lowest BCUT2D eigenvalue weighted by Gasteiger charge is -2.36. The molecule has 1 heteroatoms. The molecule has 0 amide bonds. The minimum absolute atomic E-state index is 0.0396. The predicted molar refractivity (Wildman–Crippen MR) is 131 cm³/mol. The second kappa shape index (κ2) is 15.3. The molecule has 0 heterocycles. The van der Waals surface area contributed by atoms with Crippen molar-refractivity contribution in [2.45, 2.75) is 155 Å². The minimum atomic E-state index is 0.0396. The van der Waals surface area contributed by atoms with Crippen molar-refractivity contribution >= 4 is 0 Å². The second-order valence-corrected chi connectivity index (χ2v) is 11.2. The monoisotopic (exact) mass is 415 g/mol. The maximum atomic E-state index is 9.84. The first kappa shape index (κ1) is 25.7. The summed E-state index contributed by atoms with van der Waals surface area (Å²) in [5.41, 5.74) is 0.0396. The fraction of sp³-hybridized carbons (Fsp3) is 0.966. The quantitative estimate of drug-likeness (QED) is 0.244. The molecule has 1 nitrogen and oxygen atoms in total. The van der Waals surface area contributed by atoms with Crippen molar-refractivity contribution < 1.29 is 0 Å². The van der Waals surface area contributed by atoms with Gasteiger partial charge >= 0.3 is 0 Å². The Morgan fingerprint density at radius 1 is 0.600 bits per heavy atom. The lowest BCUT2D eigenvalue weighted by Crippen LogP contribution is -2.26. The van der Waals surface area contributed by atoms with Crippen LogP contribution in [-0.4, -0.2) is 0 Å². The Morgan fingerprint density at radius 3 is 1.60 bits per heavy atom. The third-order valence-corrected chi connectivity index (χ3v) is 8.72. The smallest absolute Gasteiger partial charge is 0.0689 e. The number of hydrogen-bond acceptors (Lipinski definition) is 1. The topological polar surface area (TPSA) is 23.8 Å². The number of nitrogens with zero attached hydrogens (tertiary/aromatic N) is 1. The van der Waals surface area contributed by atoms with Gasteiger partial charge in [0.05, 0.1) is 11.5 Å². The normalized spacial score (nSPS) is 29.6. The van der Waals surface area contributed by atoms with Gasteiger partial charge in [-0.1, -0.05) is 123 Å². The van der Waals surface area contributed by atoms with Crippen LogP contribution in [0.1, 0.15) is 155 Å². The Bertz CT molecular complexity index is 445. The van der Waals surface area contributed by atoms with E-state index >= 15 is 0 Å². The summed E-state index contributed by atoms with van der Waals surface area (Å²) in [4.78, 5) is 0. The third kappa shape index (κ3) is 9.75. The van der Waals surface area contributed by atoms with Crippen LogP contribution in [0.4, 0.5) is 0 Å². The number of nitriles is 1. The van der Waals surface area contributed by atoms with E-state index in [4.69, 9.17) is 0 Å². The highest BCUT2D eigenvalue weighted by atomic mass is 14.4.